The predicted molar refractivity (Wildman–Crippen MR) is 89.8 cm³/mol. The molecule has 1 N–H and O–H groups in total. The summed E-state index contributed by atoms with van der Waals surface area (Å²) in [5, 5.41) is 12.3. The fourth-order valence-electron chi connectivity index (χ4n) is 3.27. The van der Waals surface area contributed by atoms with E-state index >= 15 is 0 Å². The predicted octanol–water partition coefficient (Wildman–Crippen LogP) is 0.346. The lowest BCUT2D eigenvalue weighted by Gasteiger charge is -2.34. The second-order valence-electron chi connectivity index (χ2n) is 7.14. The van der Waals surface area contributed by atoms with Crippen LogP contribution in [0.25, 0.3) is 0 Å². The Hall–Kier alpha value is -1.91. The molecule has 24 heavy (non-hydrogen) atoms. The van der Waals surface area contributed by atoms with Crippen molar-refractivity contribution in [1.29, 1.82) is 5.26 Å². The largest absolute Gasteiger partial charge is 0.337 e. The lowest BCUT2D eigenvalue weighted by Crippen LogP contribution is -2.53. The Kier molecular flexibility index (Phi) is 4.88. The van der Waals surface area contributed by atoms with Gasteiger partial charge >= 0.3 is 0 Å². The fourth-order valence-corrected chi connectivity index (χ4v) is 3.27. The summed E-state index contributed by atoms with van der Waals surface area (Å²) in [6.45, 7) is 6.65. The quantitative estimate of drug-likeness (QED) is 0.814. The molecule has 2 aliphatic rings. The van der Waals surface area contributed by atoms with Gasteiger partial charge in [0.05, 0.1) is 19.2 Å². The van der Waals surface area contributed by atoms with Crippen LogP contribution in [0.1, 0.15) is 25.6 Å². The van der Waals surface area contributed by atoms with Gasteiger partial charge in [-0.25, -0.2) is 4.98 Å². The first-order valence-corrected chi connectivity index (χ1v) is 8.63. The highest BCUT2D eigenvalue weighted by Crippen LogP contribution is 2.39. The van der Waals surface area contributed by atoms with E-state index in [9.17, 15) is 10.1 Å². The molecule has 0 radical (unpaired) electrons. The van der Waals surface area contributed by atoms with Crippen LogP contribution < -0.4 is 5.32 Å². The van der Waals surface area contributed by atoms with Crippen LogP contribution in [0.15, 0.2) is 12.4 Å². The van der Waals surface area contributed by atoms with Gasteiger partial charge in [0.1, 0.15) is 11.4 Å². The van der Waals surface area contributed by atoms with Crippen LogP contribution in [0, 0.1) is 17.2 Å². The minimum absolute atomic E-state index is 0.0384. The summed E-state index contributed by atoms with van der Waals surface area (Å²) in [5.41, 5.74) is -0.697. The number of imidazole rings is 1. The topological polar surface area (TPSA) is 77.2 Å². The SMILES string of the molecule is Cn1ccnc1CN1CCN(CC(=O)NC(C)(C#N)C2CC2)CC1. The molecule has 3 rings (SSSR count). The zero-order valence-electron chi connectivity index (χ0n) is 14.5. The third kappa shape index (κ3) is 3.94. The van der Waals surface area contributed by atoms with E-state index < -0.39 is 5.54 Å². The van der Waals surface area contributed by atoms with Crippen molar-refractivity contribution in [3.8, 4) is 6.07 Å². The molecule has 1 saturated heterocycles. The van der Waals surface area contributed by atoms with Crippen molar-refractivity contribution in [1.82, 2.24) is 24.7 Å². The molecule has 0 spiro atoms. The van der Waals surface area contributed by atoms with Gasteiger partial charge in [-0.15, -0.1) is 0 Å². The van der Waals surface area contributed by atoms with E-state index in [4.69, 9.17) is 0 Å². The number of nitrogens with zero attached hydrogens (tertiary/aromatic N) is 5. The van der Waals surface area contributed by atoms with E-state index in [2.05, 4.69) is 26.2 Å². The van der Waals surface area contributed by atoms with Crippen LogP contribution in [-0.2, 0) is 18.4 Å². The van der Waals surface area contributed by atoms with Crippen molar-refractivity contribution in [2.75, 3.05) is 32.7 Å². The molecular weight excluding hydrogens is 304 g/mol. The van der Waals surface area contributed by atoms with Crippen LogP contribution in [-0.4, -0.2) is 63.5 Å². The van der Waals surface area contributed by atoms with E-state index in [1.54, 1.807) is 0 Å². The van der Waals surface area contributed by atoms with Crippen molar-refractivity contribution >= 4 is 5.91 Å². The number of hydrogen-bond acceptors (Lipinski definition) is 5. The number of carbonyl (C=O) groups is 1. The third-order valence-electron chi connectivity index (χ3n) is 5.14. The van der Waals surface area contributed by atoms with E-state index in [1.165, 1.54) is 0 Å². The first kappa shape index (κ1) is 16.9. The highest BCUT2D eigenvalue weighted by Gasteiger charge is 2.43. The molecule has 2 fully saturated rings. The molecule has 1 unspecified atom stereocenters. The number of nitriles is 1. The monoisotopic (exact) mass is 330 g/mol. The smallest absolute Gasteiger partial charge is 0.235 e. The van der Waals surface area contributed by atoms with Gasteiger partial charge in [-0.2, -0.15) is 5.26 Å². The van der Waals surface area contributed by atoms with E-state index in [-0.39, 0.29) is 5.91 Å². The summed E-state index contributed by atoms with van der Waals surface area (Å²) in [7, 11) is 2.01. The summed E-state index contributed by atoms with van der Waals surface area (Å²) in [6, 6.07) is 2.28. The van der Waals surface area contributed by atoms with Crippen molar-refractivity contribution in [2.45, 2.75) is 31.8 Å². The molecule has 7 nitrogen and oxygen atoms in total. The zero-order chi connectivity index (χ0) is 17.2. The van der Waals surface area contributed by atoms with E-state index in [0.717, 1.165) is 51.4 Å². The van der Waals surface area contributed by atoms with Crippen molar-refractivity contribution in [2.24, 2.45) is 13.0 Å². The minimum atomic E-state index is -0.697. The van der Waals surface area contributed by atoms with Gasteiger partial charge in [0.2, 0.25) is 5.91 Å². The van der Waals surface area contributed by atoms with Gasteiger partial charge in [0.25, 0.3) is 0 Å². The molecule has 7 heteroatoms. The highest BCUT2D eigenvalue weighted by molar-refractivity contribution is 5.79. The Morgan fingerprint density at radius 1 is 1.38 bits per heavy atom. The molecule has 1 saturated carbocycles. The standard InChI is InChI=1S/C17H26N6O/c1-17(13-18,14-3-4-14)20-16(24)12-23-9-7-22(8-10-23)11-15-19-5-6-21(15)2/h5-6,14H,3-4,7-12H2,1-2H3,(H,20,24). The van der Waals surface area contributed by atoms with Crippen molar-refractivity contribution < 1.29 is 4.79 Å². The van der Waals surface area contributed by atoms with Gasteiger partial charge < -0.3 is 9.88 Å². The number of carbonyl (C=O) groups excluding carboxylic acids is 1. The number of aryl methyl sites for hydroxylation is 1. The van der Waals surface area contributed by atoms with Gasteiger partial charge in [-0.1, -0.05) is 0 Å². The van der Waals surface area contributed by atoms with E-state index in [0.29, 0.717) is 12.5 Å². The van der Waals surface area contributed by atoms with Crippen LogP contribution >= 0.6 is 0 Å². The van der Waals surface area contributed by atoms with Crippen molar-refractivity contribution in [3.63, 3.8) is 0 Å². The Morgan fingerprint density at radius 2 is 2.04 bits per heavy atom. The molecule has 1 aliphatic heterocycles. The fraction of sp³-hybridized carbons (Fsp3) is 0.706. The summed E-state index contributed by atoms with van der Waals surface area (Å²) >= 11 is 0. The number of nitrogens with one attached hydrogen (secondary N) is 1. The molecule has 130 valence electrons. The Bertz CT molecular complexity index is 623. The molecular formula is C17H26N6O. The van der Waals surface area contributed by atoms with Gasteiger partial charge in [-0.05, 0) is 25.7 Å². The molecule has 1 aromatic heterocycles. The number of rotatable bonds is 6. The summed E-state index contributed by atoms with van der Waals surface area (Å²) in [4.78, 5) is 21.2. The maximum absolute atomic E-state index is 12.3. The highest BCUT2D eigenvalue weighted by atomic mass is 16.2. The maximum atomic E-state index is 12.3. The number of hydrogen-bond donors (Lipinski definition) is 1. The van der Waals surface area contributed by atoms with E-state index in [1.807, 2.05) is 30.9 Å². The Labute approximate surface area is 143 Å². The second kappa shape index (κ2) is 6.91. The van der Waals surface area contributed by atoms with Crippen LogP contribution in [0.4, 0.5) is 0 Å². The van der Waals surface area contributed by atoms with Gasteiger partial charge in [-0.3, -0.25) is 14.6 Å². The van der Waals surface area contributed by atoms with Gasteiger partial charge in [0.15, 0.2) is 0 Å². The second-order valence-corrected chi connectivity index (χ2v) is 7.14. The maximum Gasteiger partial charge on any atom is 0.235 e. The van der Waals surface area contributed by atoms with Crippen LogP contribution in [0.3, 0.4) is 0 Å². The molecule has 1 amide bonds. The molecule has 0 bridgehead atoms. The average Bonchev–Trinajstić information content (AvgIpc) is 3.35. The Morgan fingerprint density at radius 3 is 2.58 bits per heavy atom. The van der Waals surface area contributed by atoms with Crippen LogP contribution in [0.5, 0.6) is 0 Å². The summed E-state index contributed by atoms with van der Waals surface area (Å²) in [5.74, 6) is 1.35. The molecule has 1 atom stereocenters. The number of aromatic nitrogens is 2. The number of piperazine rings is 1. The van der Waals surface area contributed by atoms with Crippen molar-refractivity contribution in [3.05, 3.63) is 18.2 Å². The lowest BCUT2D eigenvalue weighted by molar-refractivity contribution is -0.124. The lowest BCUT2D eigenvalue weighted by atomic mass is 9.98. The molecule has 2 heterocycles. The van der Waals surface area contributed by atoms with Gasteiger partial charge in [0, 0.05) is 45.6 Å². The average molecular weight is 330 g/mol. The first-order chi connectivity index (χ1) is 11.5. The molecule has 0 aromatic carbocycles. The van der Waals surface area contributed by atoms with Crippen LogP contribution in [0.2, 0.25) is 0 Å². The normalized spacial score (nSPS) is 21.9. The number of amides is 1. The third-order valence-corrected chi connectivity index (χ3v) is 5.14. The first-order valence-electron chi connectivity index (χ1n) is 8.63. The molecule has 1 aromatic rings. The summed E-state index contributed by atoms with van der Waals surface area (Å²) < 4.78 is 2.04. The zero-order valence-corrected chi connectivity index (χ0v) is 14.5. The molecule has 1 aliphatic carbocycles. The Balaban J connectivity index is 1.43. The summed E-state index contributed by atoms with van der Waals surface area (Å²) in [6.07, 6.45) is 5.86. The minimum Gasteiger partial charge on any atom is -0.337 e.